The fourth-order valence-corrected chi connectivity index (χ4v) is 1.61. The van der Waals surface area contributed by atoms with Crippen LogP contribution in [0.15, 0.2) is 59.7 Å². The summed E-state index contributed by atoms with van der Waals surface area (Å²) in [5.41, 5.74) is 2.90. The van der Waals surface area contributed by atoms with Gasteiger partial charge in [-0.25, -0.2) is 5.43 Å². The van der Waals surface area contributed by atoms with Crippen LogP contribution >= 0.6 is 0 Å². The number of carbonyl (C=O) groups is 1. The normalized spacial score (nSPS) is 12.0. The van der Waals surface area contributed by atoms with E-state index in [4.69, 9.17) is 4.74 Å². The summed E-state index contributed by atoms with van der Waals surface area (Å²) >= 11 is 0. The molecule has 0 heterocycles. The predicted octanol–water partition coefficient (Wildman–Crippen LogP) is 2.31. The molecule has 0 aliphatic heterocycles. The van der Waals surface area contributed by atoms with Gasteiger partial charge in [-0.2, -0.15) is 5.10 Å². The third-order valence-corrected chi connectivity index (χ3v) is 2.74. The Kier molecular flexibility index (Phi) is 4.93. The molecule has 0 fully saturated rings. The van der Waals surface area contributed by atoms with E-state index in [9.17, 15) is 9.90 Å². The summed E-state index contributed by atoms with van der Waals surface area (Å²) in [6.07, 6.45) is 0.705. The molecule has 0 saturated heterocycles. The van der Waals surface area contributed by atoms with Crippen molar-refractivity contribution in [3.05, 3.63) is 60.2 Å². The van der Waals surface area contributed by atoms with E-state index in [1.54, 1.807) is 43.3 Å². The van der Waals surface area contributed by atoms with Crippen LogP contribution in [0.25, 0.3) is 0 Å². The van der Waals surface area contributed by atoms with Gasteiger partial charge in [-0.3, -0.25) is 4.79 Å². The molecular formula is C16H16N2O3. The van der Waals surface area contributed by atoms with Crippen LogP contribution in [0.5, 0.6) is 11.5 Å². The molecule has 0 radical (unpaired) electrons. The van der Waals surface area contributed by atoms with Crippen molar-refractivity contribution in [3.63, 3.8) is 0 Å². The van der Waals surface area contributed by atoms with Crippen molar-refractivity contribution in [1.29, 1.82) is 0 Å². The highest BCUT2D eigenvalue weighted by Crippen LogP contribution is 2.13. The molecule has 2 aromatic rings. The van der Waals surface area contributed by atoms with Crippen LogP contribution in [0.2, 0.25) is 0 Å². The summed E-state index contributed by atoms with van der Waals surface area (Å²) < 4.78 is 5.47. The van der Waals surface area contributed by atoms with Crippen LogP contribution in [0.1, 0.15) is 12.5 Å². The maximum absolute atomic E-state index is 11.8. The Labute approximate surface area is 122 Å². The molecule has 5 heteroatoms. The number of hydrazone groups is 1. The first-order chi connectivity index (χ1) is 10.2. The highest BCUT2D eigenvalue weighted by atomic mass is 16.5. The molecule has 2 rings (SSSR count). The number of hydrogen-bond acceptors (Lipinski definition) is 4. The minimum Gasteiger partial charge on any atom is -0.507 e. The third-order valence-electron chi connectivity index (χ3n) is 2.74. The molecule has 0 bridgehead atoms. The van der Waals surface area contributed by atoms with Crippen LogP contribution in [0.4, 0.5) is 0 Å². The van der Waals surface area contributed by atoms with Crippen molar-refractivity contribution in [2.24, 2.45) is 5.10 Å². The monoisotopic (exact) mass is 284 g/mol. The van der Waals surface area contributed by atoms with Crippen LogP contribution < -0.4 is 10.2 Å². The average Bonchev–Trinajstić information content (AvgIpc) is 2.50. The van der Waals surface area contributed by atoms with Gasteiger partial charge in [0, 0.05) is 5.56 Å². The zero-order valence-corrected chi connectivity index (χ0v) is 11.6. The van der Waals surface area contributed by atoms with E-state index < -0.39 is 6.10 Å². The molecule has 2 aromatic carbocycles. The number of hydrogen-bond donors (Lipinski definition) is 2. The lowest BCUT2D eigenvalue weighted by Crippen LogP contribution is -2.33. The number of ether oxygens (including phenoxy) is 1. The van der Waals surface area contributed by atoms with Crippen LogP contribution in [-0.4, -0.2) is 23.3 Å². The van der Waals surface area contributed by atoms with Crippen molar-refractivity contribution >= 4 is 12.1 Å². The van der Waals surface area contributed by atoms with Gasteiger partial charge in [0.1, 0.15) is 11.5 Å². The number of phenols is 1. The number of aromatic hydroxyl groups is 1. The average molecular weight is 284 g/mol. The number of phenolic OH excluding ortho intramolecular Hbond substituents is 1. The van der Waals surface area contributed by atoms with Gasteiger partial charge in [0.15, 0.2) is 6.10 Å². The number of carbonyl (C=O) groups excluding carboxylic acids is 1. The van der Waals surface area contributed by atoms with Gasteiger partial charge in [-0.05, 0) is 31.2 Å². The van der Waals surface area contributed by atoms with Gasteiger partial charge in [0.05, 0.1) is 6.21 Å². The Balaban J connectivity index is 1.88. The molecular weight excluding hydrogens is 268 g/mol. The van der Waals surface area contributed by atoms with E-state index in [-0.39, 0.29) is 11.7 Å². The summed E-state index contributed by atoms with van der Waals surface area (Å²) in [4.78, 5) is 11.8. The Bertz CT molecular complexity index is 626. The van der Waals surface area contributed by atoms with E-state index >= 15 is 0 Å². The third kappa shape index (κ3) is 4.35. The maximum atomic E-state index is 11.8. The second kappa shape index (κ2) is 7.09. The first-order valence-electron chi connectivity index (χ1n) is 6.49. The Morgan fingerprint density at radius 3 is 2.57 bits per heavy atom. The van der Waals surface area contributed by atoms with Gasteiger partial charge in [-0.1, -0.05) is 30.3 Å². The molecule has 0 aliphatic carbocycles. The summed E-state index contributed by atoms with van der Waals surface area (Å²) in [7, 11) is 0. The van der Waals surface area contributed by atoms with Crippen molar-refractivity contribution < 1.29 is 14.6 Å². The molecule has 1 amide bonds. The van der Waals surface area contributed by atoms with Gasteiger partial charge in [0.25, 0.3) is 5.91 Å². The first kappa shape index (κ1) is 14.6. The number of benzene rings is 2. The zero-order valence-electron chi connectivity index (χ0n) is 11.6. The fraction of sp³-hybridized carbons (Fsp3) is 0.125. The fourth-order valence-electron chi connectivity index (χ4n) is 1.61. The molecule has 2 N–H and O–H groups in total. The zero-order chi connectivity index (χ0) is 15.1. The molecule has 0 saturated carbocycles. The maximum Gasteiger partial charge on any atom is 0.280 e. The van der Waals surface area contributed by atoms with Crippen molar-refractivity contribution in [2.45, 2.75) is 13.0 Å². The van der Waals surface area contributed by atoms with Gasteiger partial charge < -0.3 is 9.84 Å². The largest absolute Gasteiger partial charge is 0.507 e. The molecule has 1 atom stereocenters. The minimum atomic E-state index is -0.672. The summed E-state index contributed by atoms with van der Waals surface area (Å²) in [5, 5.41) is 13.4. The number of para-hydroxylation sites is 2. The lowest BCUT2D eigenvalue weighted by atomic mass is 10.2. The standard InChI is InChI=1S/C16H16N2O3/c1-12(21-14-8-3-2-4-9-14)16(20)18-17-11-13-7-5-6-10-15(13)19/h2-12,19H,1H3,(H,18,20)/b17-11+/t12-/m1/s1. The molecule has 108 valence electrons. The highest BCUT2D eigenvalue weighted by Gasteiger charge is 2.13. The Hall–Kier alpha value is -2.82. The van der Waals surface area contributed by atoms with E-state index in [1.807, 2.05) is 18.2 Å². The summed E-state index contributed by atoms with van der Waals surface area (Å²) in [5.74, 6) is 0.347. The van der Waals surface area contributed by atoms with Gasteiger partial charge in [0.2, 0.25) is 0 Å². The SMILES string of the molecule is C[C@@H](Oc1ccccc1)C(=O)N/N=C/c1ccccc1O. The topological polar surface area (TPSA) is 70.9 Å². The minimum absolute atomic E-state index is 0.101. The lowest BCUT2D eigenvalue weighted by molar-refractivity contribution is -0.127. The molecule has 5 nitrogen and oxygen atoms in total. The predicted molar refractivity (Wildman–Crippen MR) is 80.4 cm³/mol. The number of nitrogens with zero attached hydrogens (tertiary/aromatic N) is 1. The molecule has 0 aromatic heterocycles. The number of amides is 1. The van der Waals surface area contributed by atoms with Gasteiger partial charge in [-0.15, -0.1) is 0 Å². The molecule has 21 heavy (non-hydrogen) atoms. The van der Waals surface area contributed by atoms with Crippen LogP contribution in [0.3, 0.4) is 0 Å². The number of nitrogens with one attached hydrogen (secondary N) is 1. The molecule has 0 aliphatic rings. The smallest absolute Gasteiger partial charge is 0.280 e. The van der Waals surface area contributed by atoms with Crippen molar-refractivity contribution in [2.75, 3.05) is 0 Å². The molecule has 0 unspecified atom stereocenters. The first-order valence-corrected chi connectivity index (χ1v) is 6.49. The second-order valence-corrected chi connectivity index (χ2v) is 4.37. The van der Waals surface area contributed by atoms with E-state index in [1.165, 1.54) is 6.21 Å². The highest BCUT2D eigenvalue weighted by molar-refractivity contribution is 5.86. The van der Waals surface area contributed by atoms with E-state index in [2.05, 4.69) is 10.5 Å². The van der Waals surface area contributed by atoms with E-state index in [0.717, 1.165) is 0 Å². The van der Waals surface area contributed by atoms with Gasteiger partial charge >= 0.3 is 0 Å². The van der Waals surface area contributed by atoms with Crippen LogP contribution in [0, 0.1) is 0 Å². The second-order valence-electron chi connectivity index (χ2n) is 4.37. The van der Waals surface area contributed by atoms with E-state index in [0.29, 0.717) is 11.3 Å². The summed E-state index contributed by atoms with van der Waals surface area (Å²) in [6.45, 7) is 1.64. The molecule has 0 spiro atoms. The van der Waals surface area contributed by atoms with Crippen molar-refractivity contribution in [1.82, 2.24) is 5.43 Å². The summed E-state index contributed by atoms with van der Waals surface area (Å²) in [6, 6.07) is 15.8. The Morgan fingerprint density at radius 1 is 1.19 bits per heavy atom. The van der Waals surface area contributed by atoms with Crippen molar-refractivity contribution in [3.8, 4) is 11.5 Å². The Morgan fingerprint density at radius 2 is 1.86 bits per heavy atom. The quantitative estimate of drug-likeness (QED) is 0.654. The van der Waals surface area contributed by atoms with Crippen LogP contribution in [-0.2, 0) is 4.79 Å². The number of rotatable bonds is 5. The lowest BCUT2D eigenvalue weighted by Gasteiger charge is -2.12.